The fraction of sp³-hybridized carbons (Fsp3) is 0.364. The number of nitrogens with one attached hydrogen (secondary N) is 1. The Kier molecular flexibility index (Phi) is 2.68. The molecule has 0 saturated carbocycles. The highest BCUT2D eigenvalue weighted by Gasteiger charge is 2.09. The summed E-state index contributed by atoms with van der Waals surface area (Å²) >= 11 is 0. The fourth-order valence-electron chi connectivity index (χ4n) is 1.67. The van der Waals surface area contributed by atoms with Crippen LogP contribution < -0.4 is 5.73 Å². The SMILES string of the molecule is CC(CCN)c1cc2ncc(F)cc2[nH]1. The normalized spacial score (nSPS) is 13.3. The summed E-state index contributed by atoms with van der Waals surface area (Å²) < 4.78 is 12.9. The first-order valence-electron chi connectivity index (χ1n) is 5.05. The zero-order valence-electron chi connectivity index (χ0n) is 8.63. The average Bonchev–Trinajstić information content (AvgIpc) is 2.60. The van der Waals surface area contributed by atoms with Gasteiger partial charge < -0.3 is 10.7 Å². The summed E-state index contributed by atoms with van der Waals surface area (Å²) in [7, 11) is 0. The Morgan fingerprint density at radius 2 is 2.33 bits per heavy atom. The minimum Gasteiger partial charge on any atom is -0.357 e. The molecule has 4 heteroatoms. The molecule has 0 amide bonds. The van der Waals surface area contributed by atoms with Gasteiger partial charge in [-0.2, -0.15) is 0 Å². The van der Waals surface area contributed by atoms with Gasteiger partial charge in [-0.05, 0) is 24.9 Å². The van der Waals surface area contributed by atoms with E-state index in [9.17, 15) is 4.39 Å². The smallest absolute Gasteiger partial charge is 0.143 e. The van der Waals surface area contributed by atoms with Crippen molar-refractivity contribution >= 4 is 11.0 Å². The van der Waals surface area contributed by atoms with Crippen LogP contribution in [0.1, 0.15) is 25.0 Å². The van der Waals surface area contributed by atoms with E-state index in [0.29, 0.717) is 12.5 Å². The number of nitrogens with zero attached hydrogens (tertiary/aromatic N) is 1. The topological polar surface area (TPSA) is 54.7 Å². The van der Waals surface area contributed by atoms with Crippen molar-refractivity contribution in [1.82, 2.24) is 9.97 Å². The Hall–Kier alpha value is -1.42. The number of hydrogen-bond acceptors (Lipinski definition) is 2. The number of fused-ring (bicyclic) bond motifs is 1. The van der Waals surface area contributed by atoms with Gasteiger partial charge in [0.15, 0.2) is 0 Å². The molecule has 2 rings (SSSR count). The maximum Gasteiger partial charge on any atom is 0.143 e. The number of aromatic amines is 1. The molecule has 1 unspecified atom stereocenters. The molecule has 1 atom stereocenters. The van der Waals surface area contributed by atoms with E-state index < -0.39 is 0 Å². The Morgan fingerprint density at radius 3 is 3.07 bits per heavy atom. The molecule has 0 radical (unpaired) electrons. The summed E-state index contributed by atoms with van der Waals surface area (Å²) in [5.74, 6) is 0.0367. The molecular formula is C11H14FN3. The molecule has 15 heavy (non-hydrogen) atoms. The number of pyridine rings is 1. The minimum atomic E-state index is -0.317. The van der Waals surface area contributed by atoms with Gasteiger partial charge in [-0.15, -0.1) is 0 Å². The molecule has 3 nitrogen and oxygen atoms in total. The molecule has 0 fully saturated rings. The highest BCUT2D eigenvalue weighted by molar-refractivity contribution is 5.75. The number of hydrogen-bond donors (Lipinski definition) is 2. The van der Waals surface area contributed by atoms with Gasteiger partial charge in [0.05, 0.1) is 17.2 Å². The lowest BCUT2D eigenvalue weighted by Crippen LogP contribution is -2.04. The summed E-state index contributed by atoms with van der Waals surface area (Å²) in [5, 5.41) is 0. The van der Waals surface area contributed by atoms with Crippen molar-refractivity contribution in [2.24, 2.45) is 5.73 Å². The Balaban J connectivity index is 2.38. The summed E-state index contributed by atoms with van der Waals surface area (Å²) in [6.07, 6.45) is 2.14. The largest absolute Gasteiger partial charge is 0.357 e. The Bertz CT molecular complexity index is 464. The highest BCUT2D eigenvalue weighted by Crippen LogP contribution is 2.22. The quantitative estimate of drug-likeness (QED) is 0.810. The third-order valence-corrected chi connectivity index (χ3v) is 2.59. The van der Waals surface area contributed by atoms with Gasteiger partial charge in [0.2, 0.25) is 0 Å². The molecule has 2 aromatic heterocycles. The summed E-state index contributed by atoms with van der Waals surface area (Å²) in [6.45, 7) is 2.74. The monoisotopic (exact) mass is 207 g/mol. The standard InChI is InChI=1S/C11H14FN3/c1-7(2-3-13)9-5-10-11(15-9)4-8(12)6-14-10/h4-7,15H,2-3,13H2,1H3. The van der Waals surface area contributed by atoms with Crippen molar-refractivity contribution in [2.45, 2.75) is 19.3 Å². The van der Waals surface area contributed by atoms with Gasteiger partial charge in [-0.1, -0.05) is 6.92 Å². The van der Waals surface area contributed by atoms with E-state index in [0.717, 1.165) is 23.1 Å². The Labute approximate surface area is 87.5 Å². The van der Waals surface area contributed by atoms with Crippen LogP contribution >= 0.6 is 0 Å². The van der Waals surface area contributed by atoms with Gasteiger partial charge in [0.1, 0.15) is 5.82 Å². The lowest BCUT2D eigenvalue weighted by atomic mass is 10.0. The molecular weight excluding hydrogens is 193 g/mol. The van der Waals surface area contributed by atoms with Crippen LogP contribution in [-0.2, 0) is 0 Å². The van der Waals surface area contributed by atoms with Crippen molar-refractivity contribution in [1.29, 1.82) is 0 Å². The zero-order chi connectivity index (χ0) is 10.8. The first-order valence-corrected chi connectivity index (χ1v) is 5.05. The molecule has 0 aromatic carbocycles. The van der Waals surface area contributed by atoms with E-state index in [4.69, 9.17) is 5.73 Å². The highest BCUT2D eigenvalue weighted by atomic mass is 19.1. The van der Waals surface area contributed by atoms with Gasteiger partial charge >= 0.3 is 0 Å². The third kappa shape index (κ3) is 1.99. The number of aromatic nitrogens is 2. The van der Waals surface area contributed by atoms with Crippen LogP contribution in [0, 0.1) is 5.82 Å². The number of rotatable bonds is 3. The van der Waals surface area contributed by atoms with Crippen molar-refractivity contribution in [3.8, 4) is 0 Å². The van der Waals surface area contributed by atoms with Crippen molar-refractivity contribution in [2.75, 3.05) is 6.54 Å². The predicted molar refractivity (Wildman–Crippen MR) is 58.1 cm³/mol. The van der Waals surface area contributed by atoms with Gasteiger partial charge in [0, 0.05) is 11.8 Å². The molecule has 0 aliphatic heterocycles. The van der Waals surface area contributed by atoms with Gasteiger partial charge in [-0.25, -0.2) is 4.39 Å². The molecule has 2 heterocycles. The van der Waals surface area contributed by atoms with Gasteiger partial charge in [0.25, 0.3) is 0 Å². The first-order chi connectivity index (χ1) is 7.20. The Morgan fingerprint density at radius 1 is 1.53 bits per heavy atom. The van der Waals surface area contributed by atoms with Gasteiger partial charge in [-0.3, -0.25) is 4.98 Å². The maximum atomic E-state index is 12.9. The van der Waals surface area contributed by atoms with Crippen molar-refractivity contribution in [3.05, 3.63) is 29.8 Å². The van der Waals surface area contributed by atoms with Crippen LogP contribution in [0.4, 0.5) is 4.39 Å². The van der Waals surface area contributed by atoms with Crippen molar-refractivity contribution < 1.29 is 4.39 Å². The van der Waals surface area contributed by atoms with E-state index in [1.807, 2.05) is 6.07 Å². The zero-order valence-corrected chi connectivity index (χ0v) is 8.63. The second kappa shape index (κ2) is 3.98. The van der Waals surface area contributed by atoms with Crippen LogP contribution in [-0.4, -0.2) is 16.5 Å². The minimum absolute atomic E-state index is 0.317. The maximum absolute atomic E-state index is 12.9. The predicted octanol–water partition coefficient (Wildman–Crippen LogP) is 2.15. The molecule has 0 saturated heterocycles. The lowest BCUT2D eigenvalue weighted by Gasteiger charge is -2.06. The van der Waals surface area contributed by atoms with E-state index in [2.05, 4.69) is 16.9 Å². The molecule has 0 spiro atoms. The first kappa shape index (κ1) is 10.1. The van der Waals surface area contributed by atoms with E-state index in [1.165, 1.54) is 12.3 Å². The number of H-pyrrole nitrogens is 1. The van der Waals surface area contributed by atoms with Crippen LogP contribution in [0.2, 0.25) is 0 Å². The number of halogens is 1. The fourth-order valence-corrected chi connectivity index (χ4v) is 1.67. The molecule has 2 aromatic rings. The number of nitrogens with two attached hydrogens (primary N) is 1. The van der Waals surface area contributed by atoms with E-state index in [1.54, 1.807) is 0 Å². The van der Waals surface area contributed by atoms with Crippen LogP contribution in [0.25, 0.3) is 11.0 Å². The van der Waals surface area contributed by atoms with Crippen molar-refractivity contribution in [3.63, 3.8) is 0 Å². The van der Waals surface area contributed by atoms with E-state index >= 15 is 0 Å². The second-order valence-electron chi connectivity index (χ2n) is 3.79. The third-order valence-electron chi connectivity index (χ3n) is 2.59. The molecule has 0 bridgehead atoms. The molecule has 0 aliphatic rings. The molecule has 80 valence electrons. The van der Waals surface area contributed by atoms with E-state index in [-0.39, 0.29) is 5.82 Å². The molecule has 3 N–H and O–H groups in total. The summed E-state index contributed by atoms with van der Waals surface area (Å²) in [5.41, 5.74) is 8.10. The summed E-state index contributed by atoms with van der Waals surface area (Å²) in [4.78, 5) is 7.17. The lowest BCUT2D eigenvalue weighted by molar-refractivity contribution is 0.624. The second-order valence-corrected chi connectivity index (χ2v) is 3.79. The van der Waals surface area contributed by atoms with Crippen LogP contribution in [0.3, 0.4) is 0 Å². The molecule has 0 aliphatic carbocycles. The summed E-state index contributed by atoms with van der Waals surface area (Å²) in [6, 6.07) is 3.41. The van der Waals surface area contributed by atoms with Crippen LogP contribution in [0.5, 0.6) is 0 Å². The average molecular weight is 207 g/mol. The van der Waals surface area contributed by atoms with Crippen LogP contribution in [0.15, 0.2) is 18.3 Å².